The molecule has 0 saturated carbocycles. The van der Waals surface area contributed by atoms with Crippen LogP contribution in [0.5, 0.6) is 11.5 Å². The minimum Gasteiger partial charge on any atom is -0.504 e. The molecule has 0 aromatic heterocycles. The van der Waals surface area contributed by atoms with E-state index in [0.717, 1.165) is 36.8 Å². The Balaban J connectivity index is 2.44. The third kappa shape index (κ3) is 10.6. The molecular formula is C24H41IO2. The van der Waals surface area contributed by atoms with Crippen molar-refractivity contribution in [2.75, 3.05) is 0 Å². The van der Waals surface area contributed by atoms with E-state index in [1.54, 1.807) is 6.07 Å². The van der Waals surface area contributed by atoms with E-state index in [-0.39, 0.29) is 11.5 Å². The van der Waals surface area contributed by atoms with Gasteiger partial charge in [0.1, 0.15) is 0 Å². The van der Waals surface area contributed by atoms with Crippen LogP contribution in [0.15, 0.2) is 12.1 Å². The number of aryl methyl sites for hydroxylation is 2. The van der Waals surface area contributed by atoms with Gasteiger partial charge in [-0.3, -0.25) is 0 Å². The summed E-state index contributed by atoms with van der Waals surface area (Å²) in [7, 11) is 0. The lowest BCUT2D eigenvalue weighted by Crippen LogP contribution is -2.08. The molecule has 1 rings (SSSR count). The van der Waals surface area contributed by atoms with Gasteiger partial charge >= 0.3 is 0 Å². The van der Waals surface area contributed by atoms with Crippen molar-refractivity contribution in [3.8, 4) is 11.5 Å². The first-order valence-corrected chi connectivity index (χ1v) is 11.8. The number of phenols is 2. The van der Waals surface area contributed by atoms with Crippen molar-refractivity contribution in [3.63, 3.8) is 0 Å². The summed E-state index contributed by atoms with van der Waals surface area (Å²) in [5.41, 5.74) is 2.52. The second-order valence-electron chi connectivity index (χ2n) is 9.48. The van der Waals surface area contributed by atoms with Gasteiger partial charge in [0.25, 0.3) is 0 Å². The molecule has 0 heterocycles. The molecule has 0 fully saturated rings. The van der Waals surface area contributed by atoms with Gasteiger partial charge in [0.15, 0.2) is 11.5 Å². The quantitative estimate of drug-likeness (QED) is 0.128. The zero-order valence-electron chi connectivity index (χ0n) is 18.2. The molecule has 0 unspecified atom stereocenters. The summed E-state index contributed by atoms with van der Waals surface area (Å²) < 4.78 is 0.366. The van der Waals surface area contributed by atoms with E-state index < -0.39 is 0 Å². The van der Waals surface area contributed by atoms with Crippen LogP contribution in [0.4, 0.5) is 0 Å². The Hall–Kier alpha value is -0.450. The van der Waals surface area contributed by atoms with Crippen LogP contribution in [0.2, 0.25) is 0 Å². The number of hydrogen-bond acceptors (Lipinski definition) is 2. The molecule has 0 saturated heterocycles. The molecule has 2 nitrogen and oxygen atoms in total. The van der Waals surface area contributed by atoms with Gasteiger partial charge in [-0.15, -0.1) is 0 Å². The summed E-state index contributed by atoms with van der Waals surface area (Å²) in [6.07, 6.45) is 12.7. The van der Waals surface area contributed by atoms with E-state index in [1.807, 2.05) is 0 Å². The summed E-state index contributed by atoms with van der Waals surface area (Å²) >= 11 is 2.51. The SMILES string of the molecule is CCC(C)(C)CCCCCc1cc(O)c(O)c(CCCCCC(C)(C)I)c1. The van der Waals surface area contributed by atoms with E-state index in [1.165, 1.54) is 44.9 Å². The highest BCUT2D eigenvalue weighted by Gasteiger charge is 2.14. The van der Waals surface area contributed by atoms with E-state index >= 15 is 0 Å². The maximum atomic E-state index is 10.2. The minimum absolute atomic E-state index is 0.0445. The molecule has 156 valence electrons. The first kappa shape index (κ1) is 24.6. The molecule has 2 N–H and O–H groups in total. The van der Waals surface area contributed by atoms with E-state index in [4.69, 9.17) is 0 Å². The van der Waals surface area contributed by atoms with Gasteiger partial charge < -0.3 is 10.2 Å². The standard InChI is InChI=1S/C24H41IO2/c1-6-23(2,3)15-11-7-9-13-19-17-20(22(27)21(26)18-19)14-10-8-12-16-24(4,5)25/h17-18,26-27H,6-16H2,1-5H3. The van der Waals surface area contributed by atoms with Gasteiger partial charge in [-0.05, 0) is 61.1 Å². The number of benzene rings is 1. The summed E-state index contributed by atoms with van der Waals surface area (Å²) in [6.45, 7) is 11.5. The lowest BCUT2D eigenvalue weighted by atomic mass is 9.84. The van der Waals surface area contributed by atoms with Crippen LogP contribution in [0.25, 0.3) is 0 Å². The number of rotatable bonds is 13. The number of aromatic hydroxyl groups is 2. The summed E-state index contributed by atoms with van der Waals surface area (Å²) in [6, 6.07) is 3.85. The molecule has 0 aliphatic rings. The van der Waals surface area contributed by atoms with Crippen molar-refractivity contribution in [1.82, 2.24) is 0 Å². The average Bonchev–Trinajstić information content (AvgIpc) is 2.57. The third-order valence-corrected chi connectivity index (χ3v) is 6.26. The summed E-state index contributed by atoms with van der Waals surface area (Å²) in [4.78, 5) is 0. The Labute approximate surface area is 181 Å². The van der Waals surface area contributed by atoms with Crippen molar-refractivity contribution >= 4 is 22.6 Å². The second-order valence-corrected chi connectivity index (χ2v) is 12.4. The van der Waals surface area contributed by atoms with Crippen molar-refractivity contribution in [3.05, 3.63) is 23.3 Å². The van der Waals surface area contributed by atoms with Crippen LogP contribution in [0, 0.1) is 5.41 Å². The number of halogens is 1. The first-order valence-electron chi connectivity index (χ1n) is 10.8. The fraction of sp³-hybridized carbons (Fsp3) is 0.750. The normalized spacial score (nSPS) is 12.5. The Morgan fingerprint density at radius 2 is 1.41 bits per heavy atom. The van der Waals surface area contributed by atoms with Gasteiger partial charge in [-0.1, -0.05) is 95.4 Å². The molecule has 0 aliphatic heterocycles. The monoisotopic (exact) mass is 488 g/mol. The molecule has 3 heteroatoms. The van der Waals surface area contributed by atoms with E-state index in [9.17, 15) is 10.2 Å². The predicted octanol–water partition coefficient (Wildman–Crippen LogP) is 7.95. The van der Waals surface area contributed by atoms with Crippen LogP contribution >= 0.6 is 22.6 Å². The molecular weight excluding hydrogens is 447 g/mol. The highest BCUT2D eigenvalue weighted by molar-refractivity contribution is 14.1. The molecule has 27 heavy (non-hydrogen) atoms. The minimum atomic E-state index is 0.0445. The lowest BCUT2D eigenvalue weighted by Gasteiger charge is -2.22. The van der Waals surface area contributed by atoms with Crippen LogP contribution in [0.3, 0.4) is 0 Å². The van der Waals surface area contributed by atoms with Crippen molar-refractivity contribution < 1.29 is 10.2 Å². The maximum Gasteiger partial charge on any atom is 0.160 e. The van der Waals surface area contributed by atoms with Gasteiger partial charge in [0, 0.05) is 3.42 Å². The van der Waals surface area contributed by atoms with Crippen LogP contribution in [-0.4, -0.2) is 13.6 Å². The number of alkyl halides is 1. The molecule has 1 aromatic carbocycles. The summed E-state index contributed by atoms with van der Waals surface area (Å²) in [5, 5.41) is 20.3. The largest absolute Gasteiger partial charge is 0.504 e. The maximum absolute atomic E-state index is 10.2. The molecule has 0 aliphatic carbocycles. The van der Waals surface area contributed by atoms with Gasteiger partial charge in [-0.2, -0.15) is 0 Å². The molecule has 0 radical (unpaired) electrons. The zero-order chi connectivity index (χ0) is 20.5. The molecule has 0 amide bonds. The molecule has 1 aromatic rings. The summed E-state index contributed by atoms with van der Waals surface area (Å²) in [5.74, 6) is 0.126. The fourth-order valence-electron chi connectivity index (χ4n) is 3.40. The average molecular weight is 488 g/mol. The number of unbranched alkanes of at least 4 members (excludes halogenated alkanes) is 4. The smallest absolute Gasteiger partial charge is 0.160 e. The van der Waals surface area contributed by atoms with Crippen molar-refractivity contribution in [1.29, 1.82) is 0 Å². The van der Waals surface area contributed by atoms with Gasteiger partial charge in [0.05, 0.1) is 0 Å². The Morgan fingerprint density at radius 3 is 2.00 bits per heavy atom. The Kier molecular flexibility index (Phi) is 10.5. The Bertz CT molecular complexity index is 558. The number of phenolic OH excluding ortho intramolecular Hbond substituents is 2. The topological polar surface area (TPSA) is 40.5 Å². The second kappa shape index (κ2) is 11.5. The van der Waals surface area contributed by atoms with E-state index in [2.05, 4.69) is 63.3 Å². The predicted molar refractivity (Wildman–Crippen MR) is 126 cm³/mol. The van der Waals surface area contributed by atoms with Crippen LogP contribution < -0.4 is 0 Å². The van der Waals surface area contributed by atoms with Gasteiger partial charge in [0.2, 0.25) is 0 Å². The van der Waals surface area contributed by atoms with Crippen LogP contribution in [-0.2, 0) is 12.8 Å². The third-order valence-electron chi connectivity index (χ3n) is 5.72. The molecule has 0 spiro atoms. The van der Waals surface area contributed by atoms with Crippen LogP contribution in [0.1, 0.15) is 104 Å². The molecule has 0 atom stereocenters. The van der Waals surface area contributed by atoms with Gasteiger partial charge in [-0.25, -0.2) is 0 Å². The zero-order valence-corrected chi connectivity index (χ0v) is 20.4. The highest BCUT2D eigenvalue weighted by atomic mass is 127. The fourth-order valence-corrected chi connectivity index (χ4v) is 3.78. The highest BCUT2D eigenvalue weighted by Crippen LogP contribution is 2.33. The van der Waals surface area contributed by atoms with Crippen molar-refractivity contribution in [2.45, 2.75) is 109 Å². The first-order chi connectivity index (χ1) is 12.5. The molecule has 0 bridgehead atoms. The van der Waals surface area contributed by atoms with Crippen molar-refractivity contribution in [2.24, 2.45) is 5.41 Å². The lowest BCUT2D eigenvalue weighted by molar-refractivity contribution is 0.308. The number of hydrogen-bond donors (Lipinski definition) is 2. The van der Waals surface area contributed by atoms with E-state index in [0.29, 0.717) is 8.84 Å². The Morgan fingerprint density at radius 1 is 0.815 bits per heavy atom.